The molecule has 0 saturated carbocycles. The Morgan fingerprint density at radius 2 is 2.07 bits per heavy atom. The fourth-order valence-corrected chi connectivity index (χ4v) is 6.88. The molecule has 1 aliphatic heterocycles. The minimum absolute atomic E-state index is 0.361. The zero-order valence-corrected chi connectivity index (χ0v) is 18.7. The van der Waals surface area contributed by atoms with Gasteiger partial charge >= 0.3 is 0 Å². The van der Waals surface area contributed by atoms with Crippen LogP contribution in [0, 0.1) is 11.3 Å². The van der Waals surface area contributed by atoms with E-state index in [2.05, 4.69) is 37.7 Å². The quantitative estimate of drug-likeness (QED) is 0.574. The van der Waals surface area contributed by atoms with Crippen molar-refractivity contribution in [3.05, 3.63) is 10.4 Å². The molecule has 4 nitrogen and oxygen atoms in total. The maximum Gasteiger partial charge on any atom is 0.190 e. The maximum atomic E-state index is 6.40. The van der Waals surface area contributed by atoms with E-state index in [-0.39, 0.29) is 0 Å². The van der Waals surface area contributed by atoms with Crippen LogP contribution in [0.4, 0.5) is 5.82 Å². The smallest absolute Gasteiger partial charge is 0.190 e. The second-order valence-corrected chi connectivity index (χ2v) is 11.4. The van der Waals surface area contributed by atoms with Gasteiger partial charge in [-0.1, -0.05) is 32.5 Å². The Kier molecular flexibility index (Phi) is 5.43. The van der Waals surface area contributed by atoms with Gasteiger partial charge in [0.25, 0.3) is 0 Å². The highest BCUT2D eigenvalue weighted by Crippen LogP contribution is 2.44. The lowest BCUT2D eigenvalue weighted by molar-refractivity contribution is 0.218. The molecule has 4 rings (SSSR count). The molecule has 6 heteroatoms. The summed E-state index contributed by atoms with van der Waals surface area (Å²) in [5, 5.41) is 1.99. The van der Waals surface area contributed by atoms with Gasteiger partial charge < -0.3 is 10.6 Å². The van der Waals surface area contributed by atoms with E-state index in [9.17, 15) is 0 Å². The predicted octanol–water partition coefficient (Wildman–Crippen LogP) is 5.00. The highest BCUT2D eigenvalue weighted by atomic mass is 32.2. The van der Waals surface area contributed by atoms with Gasteiger partial charge in [-0.25, -0.2) is 9.97 Å². The minimum Gasteiger partial charge on any atom is -0.383 e. The van der Waals surface area contributed by atoms with E-state index < -0.39 is 0 Å². The molecule has 0 bridgehead atoms. The van der Waals surface area contributed by atoms with Crippen molar-refractivity contribution in [1.29, 1.82) is 0 Å². The molecule has 0 radical (unpaired) electrons. The Balaban J connectivity index is 1.50. The molecule has 1 saturated heterocycles. The molecule has 2 N–H and O–H groups in total. The summed E-state index contributed by atoms with van der Waals surface area (Å²) in [6.07, 6.45) is 7.38. The van der Waals surface area contributed by atoms with Gasteiger partial charge in [0.1, 0.15) is 10.6 Å². The van der Waals surface area contributed by atoms with Crippen LogP contribution >= 0.6 is 23.1 Å². The summed E-state index contributed by atoms with van der Waals surface area (Å²) in [5.74, 6) is 2.49. The molecule has 0 spiro atoms. The maximum absolute atomic E-state index is 6.40. The number of likely N-dealkylation sites (tertiary alicyclic amines) is 1. The van der Waals surface area contributed by atoms with E-state index in [4.69, 9.17) is 10.7 Å². The molecule has 0 amide bonds. The second kappa shape index (κ2) is 7.53. The van der Waals surface area contributed by atoms with E-state index in [0.717, 1.165) is 45.9 Å². The van der Waals surface area contributed by atoms with Crippen LogP contribution in [0.1, 0.15) is 56.9 Å². The lowest BCUT2D eigenvalue weighted by atomic mass is 9.72. The Bertz CT molecular complexity index is 824. The van der Waals surface area contributed by atoms with Gasteiger partial charge in [0.2, 0.25) is 0 Å². The van der Waals surface area contributed by atoms with Crippen molar-refractivity contribution >= 4 is 39.1 Å². The average Bonchev–Trinajstić information content (AvgIpc) is 3.16. The first-order chi connectivity index (χ1) is 12.8. The van der Waals surface area contributed by atoms with Crippen molar-refractivity contribution in [2.24, 2.45) is 11.3 Å². The summed E-state index contributed by atoms with van der Waals surface area (Å²) in [6, 6.07) is 0.724. The molecule has 2 unspecified atom stereocenters. The highest BCUT2D eigenvalue weighted by molar-refractivity contribution is 7.99. The molecule has 2 aliphatic rings. The van der Waals surface area contributed by atoms with Gasteiger partial charge in [-0.05, 0) is 69.0 Å². The number of rotatable bonds is 4. The number of nitrogens with zero attached hydrogens (tertiary/aromatic N) is 3. The monoisotopic (exact) mass is 404 g/mol. The third kappa shape index (κ3) is 3.99. The van der Waals surface area contributed by atoms with Gasteiger partial charge in [-0.3, -0.25) is 0 Å². The van der Waals surface area contributed by atoms with Gasteiger partial charge in [0.15, 0.2) is 5.16 Å². The van der Waals surface area contributed by atoms with Gasteiger partial charge in [0.05, 0.1) is 5.39 Å². The Labute approximate surface area is 171 Å². The number of aromatic nitrogens is 2. The first-order valence-electron chi connectivity index (χ1n) is 10.2. The predicted molar refractivity (Wildman–Crippen MR) is 118 cm³/mol. The molecular weight excluding hydrogens is 372 g/mol. The van der Waals surface area contributed by atoms with Crippen molar-refractivity contribution < 1.29 is 0 Å². The topological polar surface area (TPSA) is 55.0 Å². The van der Waals surface area contributed by atoms with Crippen LogP contribution in [-0.4, -0.2) is 40.3 Å². The van der Waals surface area contributed by atoms with E-state index in [0.29, 0.717) is 11.2 Å². The minimum atomic E-state index is 0.361. The van der Waals surface area contributed by atoms with Crippen LogP contribution in [0.5, 0.6) is 0 Å². The Morgan fingerprint density at radius 1 is 1.26 bits per heavy atom. The standard InChI is InChI=1S/C21H32N4S2/c1-21(2,3)13-7-8-15-16(12-13)27-19-17(15)18(22)23-20(24-19)26-11-9-14-6-5-10-25(14)4/h13-14H,5-12H2,1-4H3,(H2,22,23,24). The van der Waals surface area contributed by atoms with Crippen LogP contribution in [-0.2, 0) is 12.8 Å². The van der Waals surface area contributed by atoms with Crippen molar-refractivity contribution in [3.8, 4) is 0 Å². The molecule has 0 aromatic carbocycles. The molecule has 2 atom stereocenters. The number of thioether (sulfide) groups is 1. The summed E-state index contributed by atoms with van der Waals surface area (Å²) >= 11 is 3.62. The van der Waals surface area contributed by atoms with E-state index in [1.165, 1.54) is 42.7 Å². The van der Waals surface area contributed by atoms with E-state index in [1.807, 2.05) is 11.3 Å². The second-order valence-electron chi connectivity index (χ2n) is 9.29. The SMILES string of the molecule is CN1CCCC1CCSc1nc(N)c2c3c(sc2n1)CC(C(C)(C)C)CC3. The summed E-state index contributed by atoms with van der Waals surface area (Å²) in [6.45, 7) is 8.32. The van der Waals surface area contributed by atoms with Crippen LogP contribution < -0.4 is 5.73 Å². The van der Waals surface area contributed by atoms with Crippen LogP contribution in [0.2, 0.25) is 0 Å². The summed E-state index contributed by atoms with van der Waals surface area (Å²) < 4.78 is 0. The number of anilines is 1. The summed E-state index contributed by atoms with van der Waals surface area (Å²) in [7, 11) is 2.24. The van der Waals surface area contributed by atoms with Gasteiger partial charge in [-0.15, -0.1) is 11.3 Å². The number of fused-ring (bicyclic) bond motifs is 3. The number of hydrogen-bond donors (Lipinski definition) is 1. The Morgan fingerprint density at radius 3 is 2.78 bits per heavy atom. The largest absolute Gasteiger partial charge is 0.383 e. The Hall–Kier alpha value is -0.850. The summed E-state index contributed by atoms with van der Waals surface area (Å²) in [5.41, 5.74) is 8.18. The number of nitrogens with two attached hydrogens (primary N) is 1. The molecule has 1 aliphatic carbocycles. The fourth-order valence-electron chi connectivity index (χ4n) is 4.62. The third-order valence-corrected chi connectivity index (χ3v) is 8.52. The molecule has 1 fully saturated rings. The van der Waals surface area contributed by atoms with Crippen molar-refractivity contribution in [3.63, 3.8) is 0 Å². The number of thiophene rings is 1. The van der Waals surface area contributed by atoms with Crippen molar-refractivity contribution in [2.75, 3.05) is 25.1 Å². The van der Waals surface area contributed by atoms with E-state index in [1.54, 1.807) is 11.8 Å². The summed E-state index contributed by atoms with van der Waals surface area (Å²) in [4.78, 5) is 14.6. The number of hydrogen-bond acceptors (Lipinski definition) is 6. The zero-order valence-electron chi connectivity index (χ0n) is 17.0. The lowest BCUT2D eigenvalue weighted by Gasteiger charge is -2.33. The zero-order chi connectivity index (χ0) is 19.2. The molecular formula is C21H32N4S2. The lowest BCUT2D eigenvalue weighted by Crippen LogP contribution is -2.26. The molecule has 27 heavy (non-hydrogen) atoms. The van der Waals surface area contributed by atoms with Crippen molar-refractivity contribution in [2.45, 2.75) is 70.5 Å². The van der Waals surface area contributed by atoms with Crippen LogP contribution in [0.25, 0.3) is 10.2 Å². The third-order valence-electron chi connectivity index (χ3n) is 6.49. The number of nitrogen functional groups attached to an aromatic ring is 1. The van der Waals surface area contributed by atoms with Crippen LogP contribution in [0.3, 0.4) is 0 Å². The van der Waals surface area contributed by atoms with Crippen LogP contribution in [0.15, 0.2) is 5.16 Å². The van der Waals surface area contributed by atoms with Crippen molar-refractivity contribution in [1.82, 2.24) is 14.9 Å². The van der Waals surface area contributed by atoms with E-state index >= 15 is 0 Å². The molecule has 148 valence electrons. The normalized spacial score (nSPS) is 23.9. The molecule has 2 aromatic heterocycles. The molecule has 2 aromatic rings. The number of aryl methyl sites for hydroxylation is 1. The first kappa shape index (κ1) is 19.5. The van der Waals surface area contributed by atoms with Gasteiger partial charge in [0, 0.05) is 16.7 Å². The molecule has 3 heterocycles. The van der Waals surface area contributed by atoms with Gasteiger partial charge in [-0.2, -0.15) is 0 Å². The highest BCUT2D eigenvalue weighted by Gasteiger charge is 2.31. The first-order valence-corrected chi connectivity index (χ1v) is 12.0. The average molecular weight is 405 g/mol. The fraction of sp³-hybridized carbons (Fsp3) is 0.714.